The zero-order valence-corrected chi connectivity index (χ0v) is 8.53. The van der Waals surface area contributed by atoms with Crippen LogP contribution in [0.5, 0.6) is 0 Å². The fourth-order valence-electron chi connectivity index (χ4n) is 0.286. The van der Waals surface area contributed by atoms with E-state index in [0.29, 0.717) is 0 Å². The second-order valence-corrected chi connectivity index (χ2v) is 4.33. The van der Waals surface area contributed by atoms with Gasteiger partial charge in [0.15, 0.2) is 0 Å². The van der Waals surface area contributed by atoms with Crippen LogP contribution in [-0.4, -0.2) is 30.6 Å². The molecule has 0 aliphatic heterocycles. The van der Waals surface area contributed by atoms with Gasteiger partial charge in [-0.25, -0.2) is 0 Å². The molecule has 0 aliphatic carbocycles. The SMILES string of the molecule is CC(C)[O-].C[C](=O)[Al+][C](C)=O. The van der Waals surface area contributed by atoms with E-state index >= 15 is 0 Å². The molecule has 0 unspecified atom stereocenters. The first kappa shape index (κ1) is 13.4. The first-order valence-corrected chi connectivity index (χ1v) is 4.53. The normalized spacial score (nSPS) is 7.82. The third-order valence-electron chi connectivity index (χ3n) is 0.407. The van der Waals surface area contributed by atoms with Gasteiger partial charge in [0, 0.05) is 0 Å². The second kappa shape index (κ2) is 7.93. The molecule has 0 aromatic carbocycles. The van der Waals surface area contributed by atoms with Crippen LogP contribution in [0.15, 0.2) is 0 Å². The Labute approximate surface area is 73.5 Å². The maximum atomic E-state index is 10.1. The summed E-state index contributed by atoms with van der Waals surface area (Å²) in [7, 11) is 0. The van der Waals surface area contributed by atoms with Gasteiger partial charge in [-0.15, -0.1) is 6.10 Å². The maximum absolute atomic E-state index is 10.1. The summed E-state index contributed by atoms with van der Waals surface area (Å²) in [5.74, 6) is 0. The van der Waals surface area contributed by atoms with E-state index in [2.05, 4.69) is 0 Å². The molecule has 11 heavy (non-hydrogen) atoms. The predicted octanol–water partition coefficient (Wildman–Crippen LogP) is -0.461. The Kier molecular flexibility index (Phi) is 9.68. The molecule has 0 rings (SSSR count). The number of carbonyl (C=O) groups excluding carboxylic acids is 2. The minimum absolute atomic E-state index is 0.0208. The number of hydrogen-bond acceptors (Lipinski definition) is 3. The van der Waals surface area contributed by atoms with Crippen molar-refractivity contribution in [3.05, 3.63) is 0 Å². The van der Waals surface area contributed by atoms with E-state index in [1.807, 2.05) is 0 Å². The van der Waals surface area contributed by atoms with Gasteiger partial charge in [0.25, 0.3) is 0 Å². The molecule has 0 radical (unpaired) electrons. The molecule has 0 atom stereocenters. The first-order chi connectivity index (χ1) is 4.86. The molecule has 62 valence electrons. The van der Waals surface area contributed by atoms with Gasteiger partial charge in [-0.05, 0) is 0 Å². The summed E-state index contributed by atoms with van der Waals surface area (Å²) < 4.78 is 0.0417. The van der Waals surface area contributed by atoms with E-state index in [4.69, 9.17) is 0 Å². The summed E-state index contributed by atoms with van der Waals surface area (Å²) in [5, 5.41) is 9.53. The van der Waals surface area contributed by atoms with Gasteiger partial charge in [0.1, 0.15) is 0 Å². The van der Waals surface area contributed by atoms with Crippen LogP contribution in [0, 0.1) is 0 Å². The van der Waals surface area contributed by atoms with Crippen molar-refractivity contribution >= 4 is 24.5 Å². The molecule has 0 saturated heterocycles. The average Bonchev–Trinajstić information content (AvgIpc) is 1.56. The number of rotatable bonds is 2. The van der Waals surface area contributed by atoms with E-state index in [1.165, 1.54) is 13.8 Å². The van der Waals surface area contributed by atoms with Crippen molar-refractivity contribution in [2.75, 3.05) is 0 Å². The molecule has 0 fully saturated rings. The molecule has 3 nitrogen and oxygen atoms in total. The van der Waals surface area contributed by atoms with Crippen LogP contribution in [0.4, 0.5) is 0 Å². The Bertz CT molecular complexity index is 117. The molecular formula is C7H13AlO3. The Balaban J connectivity index is 0. The predicted molar refractivity (Wildman–Crippen MR) is 42.3 cm³/mol. The summed E-state index contributed by atoms with van der Waals surface area (Å²) >= 11 is -0.565. The molecule has 0 amide bonds. The van der Waals surface area contributed by atoms with E-state index in [0.717, 1.165) is 0 Å². The first-order valence-electron chi connectivity index (χ1n) is 3.38. The van der Waals surface area contributed by atoms with Gasteiger partial charge in [0.05, 0.1) is 0 Å². The van der Waals surface area contributed by atoms with Crippen LogP contribution in [0.3, 0.4) is 0 Å². The van der Waals surface area contributed by atoms with Crippen molar-refractivity contribution in [2.24, 2.45) is 0 Å². The standard InChI is InChI=1S/C3H7O.2C2H3O.Al/c1-3(2)4;2*1-2-3;/h3H,1-2H3;2*1H3;/q-1;;;+1. The van der Waals surface area contributed by atoms with Gasteiger partial charge < -0.3 is 5.11 Å². The molecule has 4 heteroatoms. The van der Waals surface area contributed by atoms with Gasteiger partial charge in [-0.2, -0.15) is 0 Å². The minimum atomic E-state index is -0.565. The van der Waals surface area contributed by atoms with Crippen molar-refractivity contribution in [3.63, 3.8) is 0 Å². The van der Waals surface area contributed by atoms with Gasteiger partial charge in [0.2, 0.25) is 0 Å². The average molecular weight is 172 g/mol. The van der Waals surface area contributed by atoms with Crippen molar-refractivity contribution in [2.45, 2.75) is 33.8 Å². The molecule has 0 bridgehead atoms. The zero-order valence-electron chi connectivity index (χ0n) is 7.38. The quantitative estimate of drug-likeness (QED) is 0.529. The summed E-state index contributed by atoms with van der Waals surface area (Å²) in [6, 6.07) is 0. The number of hydrogen-bond donors (Lipinski definition) is 0. The summed E-state index contributed by atoms with van der Waals surface area (Å²) in [6.07, 6.45) is -0.417. The third kappa shape index (κ3) is 41.1. The van der Waals surface area contributed by atoms with Gasteiger partial charge in [-0.3, -0.25) is 0 Å². The molecule has 0 N–H and O–H groups in total. The Morgan fingerprint density at radius 2 is 1.36 bits per heavy atom. The topological polar surface area (TPSA) is 57.2 Å². The molecule has 0 aromatic rings. The van der Waals surface area contributed by atoms with E-state index in [9.17, 15) is 14.7 Å². The van der Waals surface area contributed by atoms with Crippen molar-refractivity contribution in [3.8, 4) is 0 Å². The molecule has 0 saturated carbocycles. The third-order valence-corrected chi connectivity index (χ3v) is 1.22. The molecule has 0 aliphatic rings. The fourth-order valence-corrected chi connectivity index (χ4v) is 0.859. The molecule has 0 heterocycles. The Hall–Kier alpha value is -0.168. The van der Waals surface area contributed by atoms with Crippen molar-refractivity contribution in [1.29, 1.82) is 0 Å². The van der Waals surface area contributed by atoms with Crippen molar-refractivity contribution < 1.29 is 14.7 Å². The monoisotopic (exact) mass is 172 g/mol. The van der Waals surface area contributed by atoms with Crippen LogP contribution < -0.4 is 5.11 Å². The van der Waals surface area contributed by atoms with Crippen LogP contribution in [0.2, 0.25) is 0 Å². The van der Waals surface area contributed by atoms with Crippen LogP contribution >= 0.6 is 0 Å². The van der Waals surface area contributed by atoms with Gasteiger partial charge in [-0.1, -0.05) is 13.8 Å². The van der Waals surface area contributed by atoms with Crippen LogP contribution in [0.1, 0.15) is 27.7 Å². The summed E-state index contributed by atoms with van der Waals surface area (Å²) in [6.45, 7) is 6.10. The van der Waals surface area contributed by atoms with Crippen LogP contribution in [-0.2, 0) is 9.59 Å². The van der Waals surface area contributed by atoms with Crippen LogP contribution in [0.25, 0.3) is 0 Å². The second-order valence-electron chi connectivity index (χ2n) is 2.41. The van der Waals surface area contributed by atoms with E-state index < -0.39 is 21.3 Å². The summed E-state index contributed by atoms with van der Waals surface area (Å²) in [5.41, 5.74) is 0. The Morgan fingerprint density at radius 3 is 1.36 bits per heavy atom. The Morgan fingerprint density at radius 1 is 1.18 bits per heavy atom. The van der Waals surface area contributed by atoms with Gasteiger partial charge >= 0.3 is 47.9 Å². The molecule has 0 spiro atoms. The van der Waals surface area contributed by atoms with E-state index in [-0.39, 0.29) is 9.29 Å². The summed E-state index contributed by atoms with van der Waals surface area (Å²) in [4.78, 5) is 20.1. The van der Waals surface area contributed by atoms with Crippen molar-refractivity contribution in [1.82, 2.24) is 0 Å². The molecule has 0 aromatic heterocycles. The number of carbonyl (C=O) groups is 2. The fraction of sp³-hybridized carbons (Fsp3) is 0.714. The zero-order chi connectivity index (χ0) is 9.44. The van der Waals surface area contributed by atoms with E-state index in [1.54, 1.807) is 13.8 Å². The molecular weight excluding hydrogens is 159 g/mol.